The minimum atomic E-state index is 0. The van der Waals surface area contributed by atoms with Gasteiger partial charge in [-0.05, 0) is 12.1 Å². The van der Waals surface area contributed by atoms with E-state index in [-0.39, 0.29) is 12.4 Å². The van der Waals surface area contributed by atoms with Gasteiger partial charge in [0.15, 0.2) is 5.82 Å². The van der Waals surface area contributed by atoms with Gasteiger partial charge >= 0.3 is 0 Å². The Bertz CT molecular complexity index is 356. The molecule has 0 aliphatic heterocycles. The van der Waals surface area contributed by atoms with Crippen LogP contribution in [0.3, 0.4) is 0 Å². The van der Waals surface area contributed by atoms with E-state index in [1.807, 2.05) is 18.3 Å². The van der Waals surface area contributed by atoms with E-state index in [4.69, 9.17) is 5.73 Å². The molecule has 2 aromatic heterocycles. The third-order valence-corrected chi connectivity index (χ3v) is 1.36. The number of rotatable bonds is 0. The van der Waals surface area contributed by atoms with Gasteiger partial charge in [-0.1, -0.05) is 0 Å². The molecule has 58 valence electrons. The molecule has 0 aliphatic rings. The molecule has 0 bridgehead atoms. The normalized spacial score (nSPS) is 9.45. The monoisotopic (exact) mass is 170 g/mol. The van der Waals surface area contributed by atoms with Crippen molar-refractivity contribution in [3.05, 3.63) is 24.7 Å². The lowest BCUT2D eigenvalue weighted by Crippen LogP contribution is -1.96. The predicted octanol–water partition coefficient (Wildman–Crippen LogP) is 0.733. The van der Waals surface area contributed by atoms with E-state index in [0.717, 1.165) is 5.52 Å². The molecule has 2 heterocycles. The Labute approximate surface area is 69.5 Å². The van der Waals surface area contributed by atoms with E-state index in [1.165, 1.54) is 6.33 Å². The van der Waals surface area contributed by atoms with Crippen molar-refractivity contribution in [2.45, 2.75) is 0 Å². The molecule has 2 aromatic rings. The summed E-state index contributed by atoms with van der Waals surface area (Å²) in [6.45, 7) is 0. The zero-order chi connectivity index (χ0) is 6.97. The smallest absolute Gasteiger partial charge is 0.151 e. The van der Waals surface area contributed by atoms with Gasteiger partial charge in [0.2, 0.25) is 0 Å². The van der Waals surface area contributed by atoms with Crippen LogP contribution in [-0.2, 0) is 0 Å². The largest absolute Gasteiger partial charge is 0.382 e. The molecule has 0 saturated heterocycles. The van der Waals surface area contributed by atoms with Crippen LogP contribution in [0.1, 0.15) is 0 Å². The number of halogens is 1. The second-order valence-corrected chi connectivity index (χ2v) is 1.98. The van der Waals surface area contributed by atoms with Crippen molar-refractivity contribution in [1.82, 2.24) is 14.6 Å². The zero-order valence-corrected chi connectivity index (χ0v) is 6.45. The van der Waals surface area contributed by atoms with Crippen LogP contribution < -0.4 is 5.73 Å². The van der Waals surface area contributed by atoms with Gasteiger partial charge in [-0.3, -0.25) is 0 Å². The summed E-state index contributed by atoms with van der Waals surface area (Å²) in [5, 5.41) is 3.93. The highest BCUT2D eigenvalue weighted by atomic mass is 35.5. The van der Waals surface area contributed by atoms with Crippen LogP contribution in [0.15, 0.2) is 24.7 Å². The fraction of sp³-hybridized carbons (Fsp3) is 0. The topological polar surface area (TPSA) is 56.2 Å². The summed E-state index contributed by atoms with van der Waals surface area (Å²) in [6.07, 6.45) is 3.26. The Kier molecular flexibility index (Phi) is 1.96. The molecular weight excluding hydrogens is 164 g/mol. The highest BCUT2D eigenvalue weighted by Crippen LogP contribution is 2.06. The molecule has 11 heavy (non-hydrogen) atoms. The van der Waals surface area contributed by atoms with Crippen molar-refractivity contribution in [2.24, 2.45) is 0 Å². The van der Waals surface area contributed by atoms with Gasteiger partial charge in [-0.25, -0.2) is 9.50 Å². The zero-order valence-electron chi connectivity index (χ0n) is 5.64. The molecule has 2 rings (SSSR count). The minimum Gasteiger partial charge on any atom is -0.382 e. The van der Waals surface area contributed by atoms with Crippen molar-refractivity contribution in [3.63, 3.8) is 0 Å². The Morgan fingerprint density at radius 3 is 3.00 bits per heavy atom. The standard InChI is InChI=1S/C6H6N4.ClH/c7-6-5-2-1-3-10(5)9-4-8-6;/h1-4H,(H2,7,8,9);1H. The Morgan fingerprint density at radius 1 is 1.45 bits per heavy atom. The van der Waals surface area contributed by atoms with Crippen molar-refractivity contribution >= 4 is 23.7 Å². The summed E-state index contributed by atoms with van der Waals surface area (Å²) in [6, 6.07) is 3.75. The minimum absolute atomic E-state index is 0. The average Bonchev–Trinajstić information content (AvgIpc) is 2.36. The molecule has 0 aromatic carbocycles. The molecular formula is C6H7ClN4. The van der Waals surface area contributed by atoms with E-state index < -0.39 is 0 Å². The number of hydrogen-bond donors (Lipinski definition) is 1. The molecule has 0 amide bonds. The first-order valence-corrected chi connectivity index (χ1v) is 2.92. The number of nitrogens with zero attached hydrogens (tertiary/aromatic N) is 3. The molecule has 0 atom stereocenters. The second-order valence-electron chi connectivity index (χ2n) is 1.98. The van der Waals surface area contributed by atoms with Crippen LogP contribution in [0.25, 0.3) is 5.52 Å². The first-order chi connectivity index (χ1) is 4.88. The molecule has 0 spiro atoms. The van der Waals surface area contributed by atoms with E-state index in [0.29, 0.717) is 5.82 Å². The van der Waals surface area contributed by atoms with Gasteiger partial charge in [-0.15, -0.1) is 12.4 Å². The third kappa shape index (κ3) is 1.12. The SMILES string of the molecule is Cl.Nc1ncnn2cccc12. The Hall–Kier alpha value is -1.29. The van der Waals surface area contributed by atoms with Gasteiger partial charge in [0.05, 0.1) is 0 Å². The summed E-state index contributed by atoms with van der Waals surface area (Å²) < 4.78 is 1.68. The fourth-order valence-corrected chi connectivity index (χ4v) is 0.886. The van der Waals surface area contributed by atoms with Crippen LogP contribution in [0.2, 0.25) is 0 Å². The molecule has 0 fully saturated rings. The lowest BCUT2D eigenvalue weighted by atomic mass is 10.5. The number of anilines is 1. The fourth-order valence-electron chi connectivity index (χ4n) is 0.886. The lowest BCUT2D eigenvalue weighted by molar-refractivity contribution is 0.908. The maximum absolute atomic E-state index is 5.53. The van der Waals surface area contributed by atoms with Crippen molar-refractivity contribution in [2.75, 3.05) is 5.73 Å². The van der Waals surface area contributed by atoms with Gasteiger partial charge in [0, 0.05) is 6.20 Å². The van der Waals surface area contributed by atoms with E-state index in [9.17, 15) is 0 Å². The highest BCUT2D eigenvalue weighted by molar-refractivity contribution is 5.85. The molecule has 0 unspecified atom stereocenters. The Morgan fingerprint density at radius 2 is 2.27 bits per heavy atom. The van der Waals surface area contributed by atoms with Crippen molar-refractivity contribution in [3.8, 4) is 0 Å². The average molecular weight is 171 g/mol. The number of hydrogen-bond acceptors (Lipinski definition) is 3. The molecule has 0 radical (unpaired) electrons. The molecule has 0 saturated carbocycles. The van der Waals surface area contributed by atoms with Crippen LogP contribution in [0, 0.1) is 0 Å². The quantitative estimate of drug-likeness (QED) is 0.634. The number of fused-ring (bicyclic) bond motifs is 1. The first-order valence-electron chi connectivity index (χ1n) is 2.92. The lowest BCUT2D eigenvalue weighted by Gasteiger charge is -1.93. The predicted molar refractivity (Wildman–Crippen MR) is 44.6 cm³/mol. The van der Waals surface area contributed by atoms with Crippen molar-refractivity contribution in [1.29, 1.82) is 0 Å². The summed E-state index contributed by atoms with van der Waals surface area (Å²) >= 11 is 0. The maximum atomic E-state index is 5.53. The summed E-state index contributed by atoms with van der Waals surface area (Å²) in [4.78, 5) is 3.83. The van der Waals surface area contributed by atoms with Gasteiger partial charge in [0.25, 0.3) is 0 Å². The van der Waals surface area contributed by atoms with Crippen LogP contribution in [0.5, 0.6) is 0 Å². The first kappa shape index (κ1) is 7.81. The number of nitrogen functional groups attached to an aromatic ring is 1. The van der Waals surface area contributed by atoms with Crippen LogP contribution in [-0.4, -0.2) is 14.6 Å². The van der Waals surface area contributed by atoms with Gasteiger partial charge in [-0.2, -0.15) is 5.10 Å². The number of aromatic nitrogens is 3. The van der Waals surface area contributed by atoms with E-state index in [2.05, 4.69) is 10.1 Å². The molecule has 4 nitrogen and oxygen atoms in total. The summed E-state index contributed by atoms with van der Waals surface area (Å²) in [5.74, 6) is 0.514. The third-order valence-electron chi connectivity index (χ3n) is 1.36. The molecule has 2 N–H and O–H groups in total. The van der Waals surface area contributed by atoms with E-state index in [1.54, 1.807) is 4.52 Å². The summed E-state index contributed by atoms with van der Waals surface area (Å²) in [5.41, 5.74) is 6.38. The second kappa shape index (κ2) is 2.75. The molecule has 5 heteroatoms. The van der Waals surface area contributed by atoms with Crippen LogP contribution in [0.4, 0.5) is 5.82 Å². The van der Waals surface area contributed by atoms with Gasteiger partial charge < -0.3 is 5.73 Å². The Balaban J connectivity index is 0.000000605. The molecule has 0 aliphatic carbocycles. The van der Waals surface area contributed by atoms with Crippen LogP contribution >= 0.6 is 12.4 Å². The van der Waals surface area contributed by atoms with Gasteiger partial charge in [0.1, 0.15) is 11.8 Å². The number of nitrogens with two attached hydrogens (primary N) is 1. The van der Waals surface area contributed by atoms with Crippen molar-refractivity contribution < 1.29 is 0 Å². The highest BCUT2D eigenvalue weighted by Gasteiger charge is 1.95. The van der Waals surface area contributed by atoms with E-state index >= 15 is 0 Å². The summed E-state index contributed by atoms with van der Waals surface area (Å²) in [7, 11) is 0. The maximum Gasteiger partial charge on any atom is 0.151 e.